The summed E-state index contributed by atoms with van der Waals surface area (Å²) in [6, 6.07) is 6.50. The van der Waals surface area contributed by atoms with Crippen molar-refractivity contribution in [2.75, 3.05) is 0 Å². The van der Waals surface area contributed by atoms with E-state index in [1.165, 1.54) is 0 Å². The van der Waals surface area contributed by atoms with Gasteiger partial charge in [0.1, 0.15) is 11.4 Å². The predicted molar refractivity (Wildman–Crippen MR) is 62.3 cm³/mol. The number of hydrogen-bond acceptors (Lipinski definition) is 4. The van der Waals surface area contributed by atoms with Gasteiger partial charge in [0.2, 0.25) is 0 Å². The second kappa shape index (κ2) is 5.54. The summed E-state index contributed by atoms with van der Waals surface area (Å²) in [5.41, 5.74) is 2.46. The lowest BCUT2D eigenvalue weighted by Crippen LogP contribution is -2.32. The minimum absolute atomic E-state index is 0.189. The van der Waals surface area contributed by atoms with Crippen molar-refractivity contribution in [3.63, 3.8) is 0 Å². The first-order valence-corrected chi connectivity index (χ1v) is 5.25. The Morgan fingerprint density at radius 3 is 2.41 bits per heavy atom. The van der Waals surface area contributed by atoms with Gasteiger partial charge in [0.15, 0.2) is 0 Å². The van der Waals surface area contributed by atoms with Crippen LogP contribution in [0.25, 0.3) is 0 Å². The second-order valence-corrected chi connectivity index (χ2v) is 4.56. The van der Waals surface area contributed by atoms with E-state index in [-0.39, 0.29) is 12.4 Å². The number of benzene rings is 1. The van der Waals surface area contributed by atoms with Crippen LogP contribution in [-0.4, -0.2) is 16.8 Å². The summed E-state index contributed by atoms with van der Waals surface area (Å²) in [4.78, 5) is 16.2. The predicted octanol–water partition coefficient (Wildman–Crippen LogP) is 2.35. The van der Waals surface area contributed by atoms with E-state index in [0.717, 1.165) is 5.56 Å². The number of phenols is 1. The van der Waals surface area contributed by atoms with Gasteiger partial charge in [-0.15, -0.1) is 0 Å². The molecular weight excluding hydrogens is 222 g/mol. The third-order valence-electron chi connectivity index (χ3n) is 1.73. The lowest BCUT2D eigenvalue weighted by atomic mass is 10.2. The van der Waals surface area contributed by atoms with Crippen LogP contribution >= 0.6 is 0 Å². The first-order valence-electron chi connectivity index (χ1n) is 5.25. The topological polar surface area (TPSA) is 67.8 Å². The van der Waals surface area contributed by atoms with E-state index in [2.05, 4.69) is 5.48 Å². The van der Waals surface area contributed by atoms with E-state index < -0.39 is 11.7 Å². The zero-order valence-electron chi connectivity index (χ0n) is 10.2. The van der Waals surface area contributed by atoms with Gasteiger partial charge >= 0.3 is 6.09 Å². The van der Waals surface area contributed by atoms with Crippen molar-refractivity contribution < 1.29 is 19.5 Å². The van der Waals surface area contributed by atoms with Crippen molar-refractivity contribution in [3.05, 3.63) is 29.8 Å². The zero-order chi connectivity index (χ0) is 12.9. The number of hydrogen-bond donors (Lipinski definition) is 2. The molecule has 5 heteroatoms. The summed E-state index contributed by atoms with van der Waals surface area (Å²) in [7, 11) is 0. The average Bonchev–Trinajstić information content (AvgIpc) is 2.18. The number of carbonyl (C=O) groups is 1. The molecule has 0 radical (unpaired) electrons. The van der Waals surface area contributed by atoms with Crippen molar-refractivity contribution in [2.45, 2.75) is 33.0 Å². The van der Waals surface area contributed by atoms with Gasteiger partial charge in [-0.05, 0) is 38.5 Å². The number of hydroxylamine groups is 1. The van der Waals surface area contributed by atoms with Gasteiger partial charge in [-0.3, -0.25) is 4.84 Å². The molecule has 0 heterocycles. The molecule has 1 aromatic rings. The summed E-state index contributed by atoms with van der Waals surface area (Å²) in [5.74, 6) is 0.189. The first-order chi connectivity index (χ1) is 7.87. The quantitative estimate of drug-likeness (QED) is 0.794. The minimum Gasteiger partial charge on any atom is -0.508 e. The van der Waals surface area contributed by atoms with Crippen LogP contribution < -0.4 is 5.48 Å². The molecule has 0 aliphatic carbocycles. The molecule has 0 aliphatic rings. The third kappa shape index (κ3) is 5.77. The number of phenolic OH excluding ortho intramolecular Hbond substituents is 1. The van der Waals surface area contributed by atoms with Gasteiger partial charge in [0, 0.05) is 0 Å². The van der Waals surface area contributed by atoms with Gasteiger partial charge in [-0.25, -0.2) is 4.79 Å². The first kappa shape index (κ1) is 13.3. The highest BCUT2D eigenvalue weighted by atomic mass is 16.7. The maximum absolute atomic E-state index is 11.2. The van der Waals surface area contributed by atoms with E-state index in [9.17, 15) is 4.79 Å². The van der Waals surface area contributed by atoms with E-state index >= 15 is 0 Å². The van der Waals surface area contributed by atoms with Crippen LogP contribution in [0.3, 0.4) is 0 Å². The van der Waals surface area contributed by atoms with Crippen LogP contribution in [0.15, 0.2) is 24.3 Å². The molecule has 94 valence electrons. The summed E-state index contributed by atoms with van der Waals surface area (Å²) >= 11 is 0. The smallest absolute Gasteiger partial charge is 0.431 e. The Balaban J connectivity index is 2.28. The summed E-state index contributed by atoms with van der Waals surface area (Å²) < 4.78 is 4.98. The lowest BCUT2D eigenvalue weighted by molar-refractivity contribution is -0.0137. The fraction of sp³-hybridized carbons (Fsp3) is 0.417. The number of carbonyl (C=O) groups excluding carboxylic acids is 1. The Kier molecular flexibility index (Phi) is 4.34. The summed E-state index contributed by atoms with van der Waals surface area (Å²) in [6.07, 6.45) is -0.628. The van der Waals surface area contributed by atoms with Gasteiger partial charge in [-0.1, -0.05) is 12.1 Å². The molecule has 0 aliphatic heterocycles. The fourth-order valence-corrected chi connectivity index (χ4v) is 1.07. The Hall–Kier alpha value is -1.75. The minimum atomic E-state index is -0.628. The number of aromatic hydroxyl groups is 1. The zero-order valence-corrected chi connectivity index (χ0v) is 10.2. The number of amides is 1. The van der Waals surface area contributed by atoms with Crippen molar-refractivity contribution in [1.29, 1.82) is 0 Å². The molecule has 5 nitrogen and oxygen atoms in total. The Morgan fingerprint density at radius 1 is 1.29 bits per heavy atom. The maximum Gasteiger partial charge on any atom is 0.431 e. The van der Waals surface area contributed by atoms with E-state index in [1.807, 2.05) is 0 Å². The van der Waals surface area contributed by atoms with Gasteiger partial charge in [0.25, 0.3) is 0 Å². The highest BCUT2D eigenvalue weighted by molar-refractivity contribution is 5.66. The summed E-state index contributed by atoms with van der Waals surface area (Å²) in [5, 5.41) is 9.07. The molecule has 0 aromatic heterocycles. The van der Waals surface area contributed by atoms with Crippen LogP contribution in [0, 0.1) is 0 Å². The second-order valence-electron chi connectivity index (χ2n) is 4.56. The number of nitrogens with one attached hydrogen (secondary N) is 1. The molecular formula is C12H17NO4. The van der Waals surface area contributed by atoms with Crippen LogP contribution in [0.2, 0.25) is 0 Å². The van der Waals surface area contributed by atoms with Gasteiger partial charge < -0.3 is 9.84 Å². The van der Waals surface area contributed by atoms with E-state index in [0.29, 0.717) is 0 Å². The van der Waals surface area contributed by atoms with Crippen LogP contribution in [0.4, 0.5) is 4.79 Å². The number of ether oxygens (including phenoxy) is 1. The largest absolute Gasteiger partial charge is 0.508 e. The third-order valence-corrected chi connectivity index (χ3v) is 1.73. The monoisotopic (exact) mass is 239 g/mol. The molecule has 0 saturated heterocycles. The standard InChI is InChI=1S/C12H17NO4/c1-12(2,3)17-11(15)13-16-8-9-4-6-10(14)7-5-9/h4-7,14H,8H2,1-3H3,(H,13,15). The van der Waals surface area contributed by atoms with Crippen LogP contribution in [-0.2, 0) is 16.2 Å². The van der Waals surface area contributed by atoms with Crippen LogP contribution in [0.5, 0.6) is 5.75 Å². The molecule has 0 unspecified atom stereocenters. The molecule has 2 N–H and O–H groups in total. The van der Waals surface area contributed by atoms with Gasteiger partial charge in [-0.2, -0.15) is 5.48 Å². The highest BCUT2D eigenvalue weighted by Gasteiger charge is 2.15. The Bertz CT molecular complexity index is 367. The molecule has 0 spiro atoms. The fourth-order valence-electron chi connectivity index (χ4n) is 1.07. The Morgan fingerprint density at radius 2 is 1.88 bits per heavy atom. The van der Waals surface area contributed by atoms with Crippen LogP contribution in [0.1, 0.15) is 26.3 Å². The average molecular weight is 239 g/mol. The molecule has 0 atom stereocenters. The molecule has 0 fully saturated rings. The highest BCUT2D eigenvalue weighted by Crippen LogP contribution is 2.10. The Labute approximate surface area is 100 Å². The van der Waals surface area contributed by atoms with E-state index in [1.54, 1.807) is 45.0 Å². The maximum atomic E-state index is 11.2. The molecule has 1 amide bonds. The van der Waals surface area contributed by atoms with Crippen molar-refractivity contribution >= 4 is 6.09 Å². The van der Waals surface area contributed by atoms with E-state index in [4.69, 9.17) is 14.7 Å². The lowest BCUT2D eigenvalue weighted by Gasteiger charge is -2.19. The summed E-state index contributed by atoms with van der Waals surface area (Å²) in [6.45, 7) is 5.52. The molecule has 0 saturated carbocycles. The normalized spacial score (nSPS) is 11.0. The molecule has 0 bridgehead atoms. The van der Waals surface area contributed by atoms with Crippen molar-refractivity contribution in [2.24, 2.45) is 0 Å². The van der Waals surface area contributed by atoms with Crippen molar-refractivity contribution in [3.8, 4) is 5.75 Å². The molecule has 17 heavy (non-hydrogen) atoms. The molecule has 1 aromatic carbocycles. The van der Waals surface area contributed by atoms with Gasteiger partial charge in [0.05, 0.1) is 6.61 Å². The molecule has 1 rings (SSSR count). The van der Waals surface area contributed by atoms with Crippen molar-refractivity contribution in [1.82, 2.24) is 5.48 Å². The number of rotatable bonds is 3. The SMILES string of the molecule is CC(C)(C)OC(=O)NOCc1ccc(O)cc1.